The topological polar surface area (TPSA) is 46.5 Å². The van der Waals surface area contributed by atoms with Crippen molar-refractivity contribution in [2.75, 3.05) is 0 Å². The van der Waals surface area contributed by atoms with E-state index in [-0.39, 0.29) is 17.9 Å². The number of carbonyl (C=O) groups is 1. The van der Waals surface area contributed by atoms with Crippen LogP contribution in [0, 0.1) is 5.82 Å². The largest absolute Gasteiger partial charge is 0.486 e. The van der Waals surface area contributed by atoms with E-state index in [0.717, 1.165) is 11.6 Å². The van der Waals surface area contributed by atoms with Gasteiger partial charge in [0, 0.05) is 0 Å². The van der Waals surface area contributed by atoms with E-state index in [1.54, 1.807) is 0 Å². The van der Waals surface area contributed by atoms with Crippen LogP contribution >= 0.6 is 0 Å². The number of aromatic carboxylic acids is 1. The third-order valence-corrected chi connectivity index (χ3v) is 3.22. The van der Waals surface area contributed by atoms with E-state index in [0.29, 0.717) is 5.92 Å². The molecule has 0 saturated carbocycles. The van der Waals surface area contributed by atoms with E-state index >= 15 is 0 Å². The zero-order valence-corrected chi connectivity index (χ0v) is 12.0. The minimum Gasteiger partial charge on any atom is -0.486 e. The smallest absolute Gasteiger partial charge is 0.335 e. The fourth-order valence-corrected chi connectivity index (χ4v) is 1.91. The minimum atomic E-state index is -1.16. The maximum atomic E-state index is 13.7. The van der Waals surface area contributed by atoms with Crippen molar-refractivity contribution >= 4 is 5.97 Å². The Balaban J connectivity index is 2.04. The molecule has 0 fully saturated rings. The van der Waals surface area contributed by atoms with Crippen LogP contribution in [-0.2, 0) is 6.61 Å². The van der Waals surface area contributed by atoms with Gasteiger partial charge in [-0.1, -0.05) is 38.1 Å². The van der Waals surface area contributed by atoms with Gasteiger partial charge in [0.25, 0.3) is 0 Å². The maximum Gasteiger partial charge on any atom is 0.335 e. The molecule has 0 heterocycles. The summed E-state index contributed by atoms with van der Waals surface area (Å²) in [6, 6.07) is 11.5. The maximum absolute atomic E-state index is 13.7. The molecule has 0 aliphatic rings. The molecule has 0 radical (unpaired) electrons. The summed E-state index contributed by atoms with van der Waals surface area (Å²) in [5, 5.41) is 8.77. The average molecular weight is 288 g/mol. The summed E-state index contributed by atoms with van der Waals surface area (Å²) < 4.78 is 19.1. The first kappa shape index (κ1) is 15.0. The van der Waals surface area contributed by atoms with Gasteiger partial charge in [0.15, 0.2) is 11.6 Å². The third kappa shape index (κ3) is 3.81. The predicted molar refractivity (Wildman–Crippen MR) is 78.2 cm³/mol. The quantitative estimate of drug-likeness (QED) is 0.895. The first-order valence-electron chi connectivity index (χ1n) is 6.72. The van der Waals surface area contributed by atoms with E-state index in [1.807, 2.05) is 24.3 Å². The summed E-state index contributed by atoms with van der Waals surface area (Å²) in [5.41, 5.74) is 2.07. The molecular formula is C17H17FO3. The van der Waals surface area contributed by atoms with Crippen LogP contribution in [0.5, 0.6) is 5.75 Å². The SMILES string of the molecule is CC(C)c1ccc(COc2ccc(C(=O)O)cc2F)cc1. The number of carboxylic acid groups (broad SMARTS) is 1. The lowest BCUT2D eigenvalue weighted by Crippen LogP contribution is -2.01. The van der Waals surface area contributed by atoms with E-state index in [2.05, 4.69) is 13.8 Å². The normalized spacial score (nSPS) is 10.7. The van der Waals surface area contributed by atoms with Crippen LogP contribution in [0.1, 0.15) is 41.3 Å². The second-order valence-electron chi connectivity index (χ2n) is 5.14. The van der Waals surface area contributed by atoms with Crippen molar-refractivity contribution in [1.29, 1.82) is 0 Å². The Hall–Kier alpha value is -2.36. The molecule has 0 aliphatic heterocycles. The molecule has 2 aromatic carbocycles. The van der Waals surface area contributed by atoms with Crippen LogP contribution in [0.25, 0.3) is 0 Å². The Bertz CT molecular complexity index is 633. The predicted octanol–water partition coefficient (Wildman–Crippen LogP) is 4.23. The van der Waals surface area contributed by atoms with E-state index in [1.165, 1.54) is 17.7 Å². The van der Waals surface area contributed by atoms with Crippen molar-refractivity contribution in [3.8, 4) is 5.75 Å². The van der Waals surface area contributed by atoms with Gasteiger partial charge < -0.3 is 9.84 Å². The highest BCUT2D eigenvalue weighted by Gasteiger charge is 2.09. The molecule has 0 unspecified atom stereocenters. The Morgan fingerprint density at radius 2 is 1.86 bits per heavy atom. The van der Waals surface area contributed by atoms with Crippen LogP contribution in [0.3, 0.4) is 0 Å². The summed E-state index contributed by atoms with van der Waals surface area (Å²) in [7, 11) is 0. The van der Waals surface area contributed by atoms with Crippen LogP contribution in [0.2, 0.25) is 0 Å². The number of hydrogen-bond acceptors (Lipinski definition) is 2. The van der Waals surface area contributed by atoms with E-state index in [9.17, 15) is 9.18 Å². The monoisotopic (exact) mass is 288 g/mol. The lowest BCUT2D eigenvalue weighted by atomic mass is 10.0. The van der Waals surface area contributed by atoms with Crippen LogP contribution in [0.15, 0.2) is 42.5 Å². The number of halogens is 1. The highest BCUT2D eigenvalue weighted by molar-refractivity contribution is 5.87. The molecule has 0 saturated heterocycles. The molecule has 110 valence electrons. The van der Waals surface area contributed by atoms with Crippen molar-refractivity contribution in [2.45, 2.75) is 26.4 Å². The Labute approximate surface area is 123 Å². The molecular weight excluding hydrogens is 271 g/mol. The second kappa shape index (κ2) is 6.39. The molecule has 0 spiro atoms. The summed E-state index contributed by atoms with van der Waals surface area (Å²) >= 11 is 0. The molecule has 3 nitrogen and oxygen atoms in total. The Morgan fingerprint density at radius 3 is 2.38 bits per heavy atom. The molecule has 4 heteroatoms. The Morgan fingerprint density at radius 1 is 1.19 bits per heavy atom. The van der Waals surface area contributed by atoms with Crippen molar-refractivity contribution in [1.82, 2.24) is 0 Å². The van der Waals surface area contributed by atoms with Crippen molar-refractivity contribution in [3.63, 3.8) is 0 Å². The fourth-order valence-electron chi connectivity index (χ4n) is 1.91. The average Bonchev–Trinajstić information content (AvgIpc) is 2.46. The number of benzene rings is 2. The molecule has 0 amide bonds. The summed E-state index contributed by atoms with van der Waals surface area (Å²) in [6.07, 6.45) is 0. The molecule has 2 rings (SSSR count). The number of carboxylic acids is 1. The first-order valence-corrected chi connectivity index (χ1v) is 6.72. The molecule has 0 aliphatic carbocycles. The van der Waals surface area contributed by atoms with Gasteiger partial charge in [-0.05, 0) is 35.2 Å². The molecule has 0 atom stereocenters. The van der Waals surface area contributed by atoms with Gasteiger partial charge >= 0.3 is 5.97 Å². The van der Waals surface area contributed by atoms with Gasteiger partial charge in [-0.2, -0.15) is 0 Å². The van der Waals surface area contributed by atoms with Crippen LogP contribution in [0.4, 0.5) is 4.39 Å². The van der Waals surface area contributed by atoms with Gasteiger partial charge in [0.05, 0.1) is 5.56 Å². The van der Waals surface area contributed by atoms with E-state index in [4.69, 9.17) is 9.84 Å². The standard InChI is InChI=1S/C17H17FO3/c1-11(2)13-5-3-12(4-6-13)10-21-16-8-7-14(17(19)20)9-15(16)18/h3-9,11H,10H2,1-2H3,(H,19,20). The highest BCUT2D eigenvalue weighted by Crippen LogP contribution is 2.20. The zero-order chi connectivity index (χ0) is 15.4. The van der Waals surface area contributed by atoms with Gasteiger partial charge in [-0.3, -0.25) is 0 Å². The lowest BCUT2D eigenvalue weighted by Gasteiger charge is -2.09. The summed E-state index contributed by atoms with van der Waals surface area (Å²) in [4.78, 5) is 10.7. The van der Waals surface area contributed by atoms with Crippen LogP contribution in [-0.4, -0.2) is 11.1 Å². The number of ether oxygens (including phenoxy) is 1. The molecule has 2 aromatic rings. The molecule has 0 bridgehead atoms. The van der Waals surface area contributed by atoms with Crippen LogP contribution < -0.4 is 4.74 Å². The number of rotatable bonds is 5. The number of hydrogen-bond donors (Lipinski definition) is 1. The Kier molecular flexibility index (Phi) is 4.58. The fraction of sp³-hybridized carbons (Fsp3) is 0.235. The van der Waals surface area contributed by atoms with E-state index < -0.39 is 11.8 Å². The van der Waals surface area contributed by atoms with Gasteiger partial charge in [-0.15, -0.1) is 0 Å². The lowest BCUT2D eigenvalue weighted by molar-refractivity contribution is 0.0696. The summed E-state index contributed by atoms with van der Waals surface area (Å²) in [6.45, 7) is 4.47. The van der Waals surface area contributed by atoms with Gasteiger partial charge in [-0.25, -0.2) is 9.18 Å². The minimum absolute atomic E-state index is 0.0490. The highest BCUT2D eigenvalue weighted by atomic mass is 19.1. The first-order chi connectivity index (χ1) is 9.97. The van der Waals surface area contributed by atoms with Gasteiger partial charge in [0.1, 0.15) is 6.61 Å². The van der Waals surface area contributed by atoms with Crippen molar-refractivity contribution in [2.24, 2.45) is 0 Å². The van der Waals surface area contributed by atoms with Gasteiger partial charge in [0.2, 0.25) is 0 Å². The third-order valence-electron chi connectivity index (χ3n) is 3.22. The molecule has 0 aromatic heterocycles. The zero-order valence-electron chi connectivity index (χ0n) is 12.0. The molecule has 21 heavy (non-hydrogen) atoms. The van der Waals surface area contributed by atoms with Crippen molar-refractivity contribution in [3.05, 3.63) is 65.0 Å². The van der Waals surface area contributed by atoms with Crippen molar-refractivity contribution < 1.29 is 19.0 Å². The second-order valence-corrected chi connectivity index (χ2v) is 5.14. The molecule has 1 N–H and O–H groups in total. The summed E-state index contributed by atoms with van der Waals surface area (Å²) in [5.74, 6) is -1.33.